The van der Waals surface area contributed by atoms with Gasteiger partial charge in [0.2, 0.25) is 0 Å². The maximum absolute atomic E-state index is 6.09. The number of likely N-dealkylation sites (tertiary alicyclic amines) is 2. The lowest BCUT2D eigenvalue weighted by Gasteiger charge is -2.34. The summed E-state index contributed by atoms with van der Waals surface area (Å²) in [6.45, 7) is 4.30. The van der Waals surface area contributed by atoms with Crippen molar-refractivity contribution < 1.29 is 0 Å². The number of rotatable bonds is 4. The van der Waals surface area contributed by atoms with Gasteiger partial charge in [0.1, 0.15) is 0 Å². The maximum atomic E-state index is 6.09. The van der Waals surface area contributed by atoms with Gasteiger partial charge in [-0.05, 0) is 36.2 Å². The monoisotopic (exact) mass is 313 g/mol. The van der Waals surface area contributed by atoms with Crippen LogP contribution in [-0.4, -0.2) is 40.0 Å². The Hall–Kier alpha value is -1.42. The second-order valence-corrected chi connectivity index (χ2v) is 6.79. The molecule has 2 saturated heterocycles. The van der Waals surface area contributed by atoms with Crippen molar-refractivity contribution in [3.63, 3.8) is 0 Å². The Morgan fingerprint density at radius 3 is 2.50 bits per heavy atom. The van der Waals surface area contributed by atoms with Crippen molar-refractivity contribution in [1.82, 2.24) is 14.8 Å². The van der Waals surface area contributed by atoms with E-state index in [9.17, 15) is 0 Å². The minimum atomic E-state index is 0.672. The first-order valence-electron chi connectivity index (χ1n) is 7.90. The molecular formula is C18H20ClN3. The minimum Gasteiger partial charge on any atom is -0.293 e. The smallest absolute Gasteiger partial charge is 0.0544 e. The summed E-state index contributed by atoms with van der Waals surface area (Å²) in [7, 11) is 0. The molecule has 0 N–H and O–H groups in total. The van der Waals surface area contributed by atoms with Gasteiger partial charge in [0.25, 0.3) is 0 Å². The summed E-state index contributed by atoms with van der Waals surface area (Å²) in [5, 5.41) is 0.832. The zero-order valence-electron chi connectivity index (χ0n) is 12.5. The molecule has 1 aromatic heterocycles. The van der Waals surface area contributed by atoms with E-state index in [0.717, 1.165) is 31.2 Å². The fourth-order valence-electron chi connectivity index (χ4n) is 3.79. The van der Waals surface area contributed by atoms with Gasteiger partial charge in [-0.1, -0.05) is 29.8 Å². The molecule has 3 nitrogen and oxygen atoms in total. The molecule has 1 aromatic carbocycles. The van der Waals surface area contributed by atoms with Crippen molar-refractivity contribution in [2.75, 3.05) is 13.1 Å². The fourth-order valence-corrected chi connectivity index (χ4v) is 4.00. The summed E-state index contributed by atoms with van der Waals surface area (Å²) in [6.07, 6.45) is 3.17. The quantitative estimate of drug-likeness (QED) is 0.864. The third kappa shape index (κ3) is 2.89. The summed E-state index contributed by atoms with van der Waals surface area (Å²) in [6, 6.07) is 15.8. The first-order valence-corrected chi connectivity index (χ1v) is 8.28. The first-order chi connectivity index (χ1) is 10.8. The Kier molecular flexibility index (Phi) is 3.87. The Morgan fingerprint density at radius 1 is 1.00 bits per heavy atom. The van der Waals surface area contributed by atoms with Crippen molar-refractivity contribution in [2.24, 2.45) is 0 Å². The van der Waals surface area contributed by atoms with Crippen LogP contribution in [0.5, 0.6) is 0 Å². The Labute approximate surface area is 136 Å². The third-order valence-electron chi connectivity index (χ3n) is 4.83. The summed E-state index contributed by atoms with van der Waals surface area (Å²) in [5.74, 6) is 0. The zero-order chi connectivity index (χ0) is 14.9. The van der Waals surface area contributed by atoms with Crippen LogP contribution in [-0.2, 0) is 13.1 Å². The predicted octanol–water partition coefficient (Wildman–Crippen LogP) is 3.19. The maximum Gasteiger partial charge on any atom is 0.0544 e. The number of hydrogen-bond acceptors (Lipinski definition) is 3. The van der Waals surface area contributed by atoms with Crippen molar-refractivity contribution >= 4 is 11.6 Å². The fraction of sp³-hybridized carbons (Fsp3) is 0.389. The second-order valence-electron chi connectivity index (χ2n) is 6.35. The van der Waals surface area contributed by atoms with Crippen molar-refractivity contribution in [3.8, 4) is 0 Å². The van der Waals surface area contributed by atoms with Gasteiger partial charge in [0, 0.05) is 49.5 Å². The average molecular weight is 314 g/mol. The van der Waals surface area contributed by atoms with Crippen molar-refractivity contribution in [3.05, 3.63) is 64.9 Å². The highest BCUT2D eigenvalue weighted by atomic mass is 35.5. The molecular weight excluding hydrogens is 294 g/mol. The van der Waals surface area contributed by atoms with Crippen LogP contribution in [0.25, 0.3) is 0 Å². The predicted molar refractivity (Wildman–Crippen MR) is 88.7 cm³/mol. The topological polar surface area (TPSA) is 19.4 Å². The molecule has 4 heteroatoms. The standard InChI is InChI=1S/C18H20ClN3/c19-15-5-3-4-14(8-15)10-21-12-18-9-17(21)13-22(18)11-16-6-1-2-7-20-16/h1-8,17-18H,9-13H2. The van der Waals surface area contributed by atoms with Gasteiger partial charge in [-0.15, -0.1) is 0 Å². The zero-order valence-corrected chi connectivity index (χ0v) is 13.3. The molecule has 3 heterocycles. The molecule has 0 radical (unpaired) electrons. The van der Waals surface area contributed by atoms with E-state index in [0.29, 0.717) is 12.1 Å². The SMILES string of the molecule is Clc1cccc(CN2CC3CC2CN3Cc2ccccn2)c1. The van der Waals surface area contributed by atoms with Crippen molar-refractivity contribution in [2.45, 2.75) is 31.6 Å². The molecule has 0 amide bonds. The van der Waals surface area contributed by atoms with Crippen LogP contribution in [0.1, 0.15) is 17.7 Å². The van der Waals surface area contributed by atoms with Crippen LogP contribution in [0.4, 0.5) is 0 Å². The number of hydrogen-bond donors (Lipinski definition) is 0. The molecule has 2 aliphatic rings. The van der Waals surface area contributed by atoms with Crippen LogP contribution in [0.2, 0.25) is 5.02 Å². The van der Waals surface area contributed by atoms with Crippen LogP contribution >= 0.6 is 11.6 Å². The molecule has 2 aromatic rings. The number of halogens is 1. The number of aromatic nitrogens is 1. The van der Waals surface area contributed by atoms with Crippen LogP contribution in [0.15, 0.2) is 48.7 Å². The summed E-state index contributed by atoms with van der Waals surface area (Å²) in [5.41, 5.74) is 2.49. The highest BCUT2D eigenvalue weighted by molar-refractivity contribution is 6.30. The molecule has 2 aliphatic heterocycles. The Balaban J connectivity index is 1.38. The minimum absolute atomic E-state index is 0.672. The third-order valence-corrected chi connectivity index (χ3v) is 5.07. The van der Waals surface area contributed by atoms with E-state index in [4.69, 9.17) is 11.6 Å². The molecule has 4 rings (SSSR count). The first kappa shape index (κ1) is 14.2. The van der Waals surface area contributed by atoms with E-state index in [1.165, 1.54) is 17.7 Å². The summed E-state index contributed by atoms with van der Waals surface area (Å²) in [4.78, 5) is 9.64. The van der Waals surface area contributed by atoms with E-state index >= 15 is 0 Å². The lowest BCUT2D eigenvalue weighted by atomic mass is 10.2. The van der Waals surface area contributed by atoms with E-state index < -0.39 is 0 Å². The van der Waals surface area contributed by atoms with Gasteiger partial charge in [-0.2, -0.15) is 0 Å². The van der Waals surface area contributed by atoms with E-state index in [1.807, 2.05) is 24.4 Å². The van der Waals surface area contributed by atoms with Gasteiger partial charge in [-0.3, -0.25) is 14.8 Å². The number of pyridine rings is 1. The number of fused-ring (bicyclic) bond motifs is 2. The van der Waals surface area contributed by atoms with Crippen LogP contribution in [0, 0.1) is 0 Å². The Morgan fingerprint density at radius 2 is 1.82 bits per heavy atom. The number of nitrogens with zero attached hydrogens (tertiary/aromatic N) is 3. The number of benzene rings is 1. The molecule has 2 bridgehead atoms. The lowest BCUT2D eigenvalue weighted by molar-refractivity contribution is 0.117. The van der Waals surface area contributed by atoms with E-state index in [-0.39, 0.29) is 0 Å². The van der Waals surface area contributed by atoms with Gasteiger partial charge in [0.15, 0.2) is 0 Å². The van der Waals surface area contributed by atoms with Gasteiger partial charge in [-0.25, -0.2) is 0 Å². The summed E-state index contributed by atoms with van der Waals surface area (Å²) < 4.78 is 0. The lowest BCUT2D eigenvalue weighted by Crippen LogP contribution is -2.45. The van der Waals surface area contributed by atoms with Crippen molar-refractivity contribution in [1.29, 1.82) is 0 Å². The highest BCUT2D eigenvalue weighted by Gasteiger charge is 2.42. The van der Waals surface area contributed by atoms with Gasteiger partial charge >= 0.3 is 0 Å². The largest absolute Gasteiger partial charge is 0.293 e. The molecule has 22 heavy (non-hydrogen) atoms. The molecule has 0 spiro atoms. The number of piperazine rings is 1. The molecule has 0 saturated carbocycles. The van der Waals surface area contributed by atoms with Crippen LogP contribution in [0.3, 0.4) is 0 Å². The van der Waals surface area contributed by atoms with E-state index in [1.54, 1.807) is 0 Å². The van der Waals surface area contributed by atoms with Gasteiger partial charge in [0.05, 0.1) is 5.69 Å². The highest BCUT2D eigenvalue weighted by Crippen LogP contribution is 2.32. The Bertz CT molecular complexity index is 646. The molecule has 2 unspecified atom stereocenters. The van der Waals surface area contributed by atoms with E-state index in [2.05, 4.69) is 39.0 Å². The van der Waals surface area contributed by atoms with Crippen LogP contribution < -0.4 is 0 Å². The molecule has 0 aliphatic carbocycles. The summed E-state index contributed by atoms with van der Waals surface area (Å²) >= 11 is 6.09. The second kappa shape index (κ2) is 5.99. The molecule has 2 fully saturated rings. The van der Waals surface area contributed by atoms with Gasteiger partial charge < -0.3 is 0 Å². The average Bonchev–Trinajstić information content (AvgIpc) is 3.08. The molecule has 114 valence electrons. The normalized spacial score (nSPS) is 25.0. The molecule has 2 atom stereocenters.